The zero-order chi connectivity index (χ0) is 11.8. The van der Waals surface area contributed by atoms with Crippen molar-refractivity contribution >= 4 is 12.6 Å². The average Bonchev–Trinajstić information content (AvgIpc) is 2.19. The molecule has 1 aromatic carbocycles. The highest BCUT2D eigenvalue weighted by Crippen LogP contribution is 1.92. The molecule has 0 saturated carbocycles. The molecule has 1 aromatic rings. The highest BCUT2D eigenvalue weighted by Gasteiger charge is 2.08. The molecule has 4 nitrogen and oxygen atoms in total. The van der Waals surface area contributed by atoms with Crippen molar-refractivity contribution in [2.45, 2.75) is 13.0 Å². The van der Waals surface area contributed by atoms with Crippen LogP contribution in [-0.2, 0) is 0 Å². The number of rotatable bonds is 2. The number of halogens is 1. The lowest BCUT2D eigenvalue weighted by Crippen LogP contribution is -2.29. The van der Waals surface area contributed by atoms with E-state index < -0.39 is 13.2 Å². The maximum absolute atomic E-state index is 12.2. The highest BCUT2D eigenvalue weighted by molar-refractivity contribution is 6.58. The number of hydrogen-bond acceptors (Lipinski definition) is 4. The monoisotopic (exact) mass is 216 g/mol. The zero-order valence-electron chi connectivity index (χ0n) is 8.34. The van der Waals surface area contributed by atoms with Crippen LogP contribution in [0.5, 0.6) is 0 Å². The van der Waals surface area contributed by atoms with E-state index >= 15 is 0 Å². The van der Waals surface area contributed by atoms with Crippen molar-refractivity contribution in [3.63, 3.8) is 0 Å². The predicted octanol–water partition coefficient (Wildman–Crippen LogP) is -1.14. The smallest absolute Gasteiger partial charge is 0.423 e. The van der Waals surface area contributed by atoms with Gasteiger partial charge in [0.25, 0.3) is 0 Å². The molecule has 6 heteroatoms. The quantitative estimate of drug-likeness (QED) is 0.471. The minimum atomic E-state index is -1.51. The Morgan fingerprint density at radius 2 is 1.67 bits per heavy atom. The molecule has 0 aliphatic heterocycles. The van der Waals surface area contributed by atoms with Crippen molar-refractivity contribution in [3.05, 3.63) is 30.1 Å². The molecule has 0 bridgehead atoms. The molecule has 1 atom stereocenters. The molecule has 0 radical (unpaired) electrons. The van der Waals surface area contributed by atoms with Crippen LogP contribution in [0, 0.1) is 5.82 Å². The molecule has 0 aliphatic carbocycles. The molecule has 84 valence electrons. The second-order valence-corrected chi connectivity index (χ2v) is 2.96. The molecule has 1 unspecified atom stereocenters. The predicted molar refractivity (Wildman–Crippen MR) is 55.0 cm³/mol. The van der Waals surface area contributed by atoms with Gasteiger partial charge >= 0.3 is 7.12 Å². The van der Waals surface area contributed by atoms with Crippen molar-refractivity contribution in [1.29, 1.82) is 0 Å². The third-order valence-corrected chi connectivity index (χ3v) is 1.43. The Bertz CT molecular complexity index is 263. The molecule has 0 aromatic heterocycles. The number of benzene rings is 1. The van der Waals surface area contributed by atoms with E-state index in [1.807, 2.05) is 0 Å². The first-order valence-corrected chi connectivity index (χ1v) is 4.38. The van der Waals surface area contributed by atoms with Gasteiger partial charge in [0, 0.05) is 0 Å². The van der Waals surface area contributed by atoms with Crippen molar-refractivity contribution in [2.24, 2.45) is 0 Å². The normalized spacial score (nSPS) is 11.3. The van der Waals surface area contributed by atoms with Gasteiger partial charge in [-0.05, 0) is 24.5 Å². The fourth-order valence-electron chi connectivity index (χ4n) is 0.635. The molecule has 0 heterocycles. The van der Waals surface area contributed by atoms with Gasteiger partial charge in [0.2, 0.25) is 0 Å². The summed E-state index contributed by atoms with van der Waals surface area (Å²) in [5.74, 6) is -0.385. The highest BCUT2D eigenvalue weighted by atomic mass is 19.1. The molecule has 0 spiro atoms. The van der Waals surface area contributed by atoms with E-state index in [0.29, 0.717) is 5.46 Å². The third kappa shape index (κ3) is 7.04. The Hall–Kier alpha value is -0.945. The average molecular weight is 216 g/mol. The van der Waals surface area contributed by atoms with Gasteiger partial charge in [0.05, 0.1) is 12.7 Å². The van der Waals surface area contributed by atoms with Gasteiger partial charge in [0.1, 0.15) is 5.82 Å². The summed E-state index contributed by atoms with van der Waals surface area (Å²) in [5, 5.41) is 33.1. The maximum atomic E-state index is 12.2. The van der Waals surface area contributed by atoms with Gasteiger partial charge in [-0.3, -0.25) is 0 Å². The molecular weight excluding hydrogens is 202 g/mol. The van der Waals surface area contributed by atoms with E-state index in [2.05, 4.69) is 0 Å². The SMILES string of the molecule is CC(O)CO.OB(O)c1ccc(F)cc1. The van der Waals surface area contributed by atoms with Crippen LogP contribution in [0.15, 0.2) is 24.3 Å². The summed E-state index contributed by atoms with van der Waals surface area (Å²) in [6, 6.07) is 4.99. The lowest BCUT2D eigenvalue weighted by molar-refractivity contribution is 0.110. The van der Waals surface area contributed by atoms with Crippen LogP contribution in [0.3, 0.4) is 0 Å². The third-order valence-electron chi connectivity index (χ3n) is 1.43. The minimum Gasteiger partial charge on any atom is -0.423 e. The van der Waals surface area contributed by atoms with Gasteiger partial charge in [-0.1, -0.05) is 12.1 Å². The first kappa shape index (κ1) is 14.1. The number of hydrogen-bond donors (Lipinski definition) is 4. The first-order valence-electron chi connectivity index (χ1n) is 4.38. The minimum absolute atomic E-state index is 0.139. The Morgan fingerprint density at radius 3 is 1.93 bits per heavy atom. The largest absolute Gasteiger partial charge is 0.488 e. The lowest BCUT2D eigenvalue weighted by atomic mass is 9.80. The summed E-state index contributed by atoms with van der Waals surface area (Å²) < 4.78 is 12.2. The molecular formula is C9H14BFO4. The topological polar surface area (TPSA) is 80.9 Å². The van der Waals surface area contributed by atoms with Crippen LogP contribution in [0.25, 0.3) is 0 Å². The van der Waals surface area contributed by atoms with E-state index in [0.717, 1.165) is 0 Å². The lowest BCUT2D eigenvalue weighted by Gasteiger charge is -1.95. The fraction of sp³-hybridized carbons (Fsp3) is 0.333. The van der Waals surface area contributed by atoms with Crippen molar-refractivity contribution in [1.82, 2.24) is 0 Å². The molecule has 1 rings (SSSR count). The summed E-state index contributed by atoms with van der Waals surface area (Å²) in [6.45, 7) is 1.39. The Labute approximate surface area is 87.8 Å². The van der Waals surface area contributed by atoms with E-state index in [9.17, 15) is 4.39 Å². The van der Waals surface area contributed by atoms with Crippen LogP contribution in [0.2, 0.25) is 0 Å². The van der Waals surface area contributed by atoms with E-state index in [1.165, 1.54) is 31.2 Å². The molecule has 0 fully saturated rings. The Balaban J connectivity index is 0.000000336. The number of aliphatic hydroxyl groups is 2. The summed E-state index contributed by atoms with van der Waals surface area (Å²) in [7, 11) is -1.51. The van der Waals surface area contributed by atoms with Crippen LogP contribution in [-0.4, -0.2) is 40.1 Å². The standard InChI is InChI=1S/C6H6BFO2.C3H8O2/c8-6-3-1-5(2-4-6)7(9)10;1-3(5)2-4/h1-4,9-10H;3-5H,2H2,1H3. The van der Waals surface area contributed by atoms with E-state index in [-0.39, 0.29) is 12.4 Å². The molecule has 0 aliphatic rings. The van der Waals surface area contributed by atoms with E-state index in [4.69, 9.17) is 20.3 Å². The summed E-state index contributed by atoms with van der Waals surface area (Å²) in [4.78, 5) is 0. The van der Waals surface area contributed by atoms with Crippen LogP contribution in [0.4, 0.5) is 4.39 Å². The Morgan fingerprint density at radius 1 is 1.27 bits per heavy atom. The summed E-state index contributed by atoms with van der Waals surface area (Å²) in [6.07, 6.45) is -0.560. The van der Waals surface area contributed by atoms with Crippen molar-refractivity contribution in [2.75, 3.05) is 6.61 Å². The first-order chi connectivity index (χ1) is 6.97. The van der Waals surface area contributed by atoms with Crippen LogP contribution in [0.1, 0.15) is 6.92 Å². The van der Waals surface area contributed by atoms with Crippen LogP contribution < -0.4 is 5.46 Å². The Kier molecular flexibility index (Phi) is 6.90. The fourth-order valence-corrected chi connectivity index (χ4v) is 0.635. The van der Waals surface area contributed by atoms with Crippen LogP contribution >= 0.6 is 0 Å². The second-order valence-electron chi connectivity index (χ2n) is 2.96. The molecule has 0 amide bonds. The van der Waals surface area contributed by atoms with Crippen molar-refractivity contribution in [3.8, 4) is 0 Å². The van der Waals surface area contributed by atoms with Gasteiger partial charge in [-0.15, -0.1) is 0 Å². The summed E-state index contributed by atoms with van der Waals surface area (Å²) >= 11 is 0. The number of aliphatic hydroxyl groups excluding tert-OH is 2. The molecule has 15 heavy (non-hydrogen) atoms. The van der Waals surface area contributed by atoms with Gasteiger partial charge in [0.15, 0.2) is 0 Å². The molecule has 4 N–H and O–H groups in total. The van der Waals surface area contributed by atoms with Gasteiger partial charge in [-0.25, -0.2) is 4.39 Å². The van der Waals surface area contributed by atoms with Crippen molar-refractivity contribution < 1.29 is 24.7 Å². The van der Waals surface area contributed by atoms with Gasteiger partial charge in [-0.2, -0.15) is 0 Å². The van der Waals surface area contributed by atoms with E-state index in [1.54, 1.807) is 0 Å². The zero-order valence-corrected chi connectivity index (χ0v) is 8.34. The summed E-state index contributed by atoms with van der Waals surface area (Å²) in [5.41, 5.74) is 0.293. The molecule has 0 saturated heterocycles. The maximum Gasteiger partial charge on any atom is 0.488 e. The van der Waals surface area contributed by atoms with Gasteiger partial charge < -0.3 is 20.3 Å². The second kappa shape index (κ2) is 7.36.